The lowest BCUT2D eigenvalue weighted by molar-refractivity contribution is -0.121. The molecular formula is C14H21N3O. The molecule has 0 radical (unpaired) electrons. The molecule has 4 nitrogen and oxygen atoms in total. The Morgan fingerprint density at radius 1 is 1.39 bits per heavy atom. The van der Waals surface area contributed by atoms with E-state index in [0.29, 0.717) is 6.42 Å². The Bertz CT molecular complexity index is 504. The molecule has 18 heavy (non-hydrogen) atoms. The standard InChI is InChI=1S/C12H15N3O.C2H6/c1-14-12(16)10(13)6-8-7-15-11-5-3-2-4-9(8)11;1-2/h2-5,7,10,15H,6,13H2,1H3,(H,14,16);1-2H3. The monoisotopic (exact) mass is 247 g/mol. The first-order chi connectivity index (χ1) is 8.72. The van der Waals surface area contributed by atoms with Crippen LogP contribution in [0.25, 0.3) is 10.9 Å². The Morgan fingerprint density at radius 3 is 2.72 bits per heavy atom. The van der Waals surface area contributed by atoms with E-state index >= 15 is 0 Å². The van der Waals surface area contributed by atoms with E-state index in [0.717, 1.165) is 16.5 Å². The number of para-hydroxylation sites is 1. The lowest BCUT2D eigenvalue weighted by Crippen LogP contribution is -2.40. The summed E-state index contributed by atoms with van der Waals surface area (Å²) in [6, 6.07) is 7.48. The van der Waals surface area contributed by atoms with Crippen LogP contribution >= 0.6 is 0 Å². The van der Waals surface area contributed by atoms with Crippen molar-refractivity contribution >= 4 is 16.8 Å². The van der Waals surface area contributed by atoms with Crippen molar-refractivity contribution in [1.82, 2.24) is 10.3 Å². The van der Waals surface area contributed by atoms with E-state index < -0.39 is 6.04 Å². The summed E-state index contributed by atoms with van der Waals surface area (Å²) in [6.07, 6.45) is 2.46. The number of hydrogen-bond donors (Lipinski definition) is 3. The van der Waals surface area contributed by atoms with Gasteiger partial charge in [0.05, 0.1) is 6.04 Å². The summed E-state index contributed by atoms with van der Waals surface area (Å²) in [6.45, 7) is 4.00. The molecule has 1 atom stereocenters. The average Bonchev–Trinajstić information content (AvgIpc) is 2.83. The highest BCUT2D eigenvalue weighted by molar-refractivity contribution is 5.85. The maximum absolute atomic E-state index is 11.3. The van der Waals surface area contributed by atoms with E-state index in [1.165, 1.54) is 0 Å². The third-order valence-electron chi connectivity index (χ3n) is 2.70. The second-order valence-corrected chi connectivity index (χ2v) is 3.78. The highest BCUT2D eigenvalue weighted by Gasteiger charge is 2.14. The van der Waals surface area contributed by atoms with Crippen molar-refractivity contribution in [3.63, 3.8) is 0 Å². The SMILES string of the molecule is CC.CNC(=O)C(N)Cc1c[nH]c2ccccc12. The number of hydrogen-bond acceptors (Lipinski definition) is 2. The third-order valence-corrected chi connectivity index (χ3v) is 2.70. The summed E-state index contributed by atoms with van der Waals surface area (Å²) < 4.78 is 0. The largest absolute Gasteiger partial charge is 0.361 e. The van der Waals surface area contributed by atoms with Crippen LogP contribution in [0, 0.1) is 0 Å². The van der Waals surface area contributed by atoms with Gasteiger partial charge in [0, 0.05) is 24.1 Å². The Hall–Kier alpha value is -1.81. The van der Waals surface area contributed by atoms with Crippen LogP contribution < -0.4 is 11.1 Å². The molecule has 0 spiro atoms. The fourth-order valence-corrected chi connectivity index (χ4v) is 1.82. The van der Waals surface area contributed by atoms with Crippen molar-refractivity contribution in [2.75, 3.05) is 7.05 Å². The lowest BCUT2D eigenvalue weighted by Gasteiger charge is -2.08. The van der Waals surface area contributed by atoms with E-state index in [2.05, 4.69) is 10.3 Å². The normalized spacial score (nSPS) is 11.6. The Morgan fingerprint density at radius 2 is 2.06 bits per heavy atom. The highest BCUT2D eigenvalue weighted by atomic mass is 16.2. The van der Waals surface area contributed by atoms with E-state index in [1.807, 2.05) is 44.3 Å². The molecule has 0 aliphatic heterocycles. The zero-order chi connectivity index (χ0) is 13.5. The minimum Gasteiger partial charge on any atom is -0.361 e. The number of rotatable bonds is 3. The van der Waals surface area contributed by atoms with Gasteiger partial charge in [0.15, 0.2) is 0 Å². The van der Waals surface area contributed by atoms with Gasteiger partial charge in [0.2, 0.25) is 5.91 Å². The molecule has 0 saturated carbocycles. The number of nitrogens with one attached hydrogen (secondary N) is 2. The number of benzene rings is 1. The zero-order valence-corrected chi connectivity index (χ0v) is 11.2. The minimum atomic E-state index is -0.496. The summed E-state index contributed by atoms with van der Waals surface area (Å²) in [7, 11) is 1.59. The Kier molecular flexibility index (Phi) is 5.39. The van der Waals surface area contributed by atoms with Crippen LogP contribution in [0.1, 0.15) is 19.4 Å². The molecule has 2 rings (SSSR count). The fraction of sp³-hybridized carbons (Fsp3) is 0.357. The Labute approximate surface area is 108 Å². The number of likely N-dealkylation sites (N-methyl/N-ethyl adjacent to an activating group) is 1. The fourth-order valence-electron chi connectivity index (χ4n) is 1.82. The summed E-state index contributed by atoms with van der Waals surface area (Å²) in [4.78, 5) is 14.5. The van der Waals surface area contributed by atoms with E-state index in [-0.39, 0.29) is 5.91 Å². The molecule has 4 heteroatoms. The van der Waals surface area contributed by atoms with Gasteiger partial charge in [-0.2, -0.15) is 0 Å². The predicted octanol–water partition coefficient (Wildman–Crippen LogP) is 1.81. The molecule has 2 aromatic rings. The molecule has 1 amide bonds. The van der Waals surface area contributed by atoms with Gasteiger partial charge in [-0.05, 0) is 18.1 Å². The van der Waals surface area contributed by atoms with Gasteiger partial charge < -0.3 is 16.0 Å². The molecule has 0 aliphatic carbocycles. The molecule has 0 aliphatic rings. The van der Waals surface area contributed by atoms with Crippen molar-refractivity contribution in [3.8, 4) is 0 Å². The first-order valence-corrected chi connectivity index (χ1v) is 6.24. The van der Waals surface area contributed by atoms with E-state index in [4.69, 9.17) is 5.73 Å². The van der Waals surface area contributed by atoms with Gasteiger partial charge in [0.1, 0.15) is 0 Å². The van der Waals surface area contributed by atoms with Gasteiger partial charge >= 0.3 is 0 Å². The van der Waals surface area contributed by atoms with Gasteiger partial charge in [-0.3, -0.25) is 4.79 Å². The zero-order valence-electron chi connectivity index (χ0n) is 11.2. The number of aromatic amines is 1. The second kappa shape index (κ2) is 6.81. The number of H-pyrrole nitrogens is 1. The summed E-state index contributed by atoms with van der Waals surface area (Å²) in [5, 5.41) is 3.68. The molecule has 1 heterocycles. The van der Waals surface area contributed by atoms with Crippen LogP contribution in [0.2, 0.25) is 0 Å². The number of carbonyl (C=O) groups excluding carboxylic acids is 1. The van der Waals surface area contributed by atoms with Crippen LogP contribution in [0.3, 0.4) is 0 Å². The highest BCUT2D eigenvalue weighted by Crippen LogP contribution is 2.18. The van der Waals surface area contributed by atoms with Gasteiger partial charge in [0.25, 0.3) is 0 Å². The second-order valence-electron chi connectivity index (χ2n) is 3.78. The van der Waals surface area contributed by atoms with Crippen LogP contribution in [0.15, 0.2) is 30.5 Å². The maximum atomic E-state index is 11.3. The number of fused-ring (bicyclic) bond motifs is 1. The van der Waals surface area contributed by atoms with E-state index in [9.17, 15) is 4.79 Å². The first kappa shape index (κ1) is 14.3. The number of carbonyl (C=O) groups is 1. The van der Waals surface area contributed by atoms with Crippen molar-refractivity contribution in [2.45, 2.75) is 26.3 Å². The number of nitrogens with two attached hydrogens (primary N) is 1. The predicted molar refractivity (Wildman–Crippen MR) is 75.4 cm³/mol. The quantitative estimate of drug-likeness (QED) is 0.774. The van der Waals surface area contributed by atoms with Gasteiger partial charge in [-0.25, -0.2) is 0 Å². The summed E-state index contributed by atoms with van der Waals surface area (Å²) in [5.74, 6) is -0.134. The van der Waals surface area contributed by atoms with E-state index in [1.54, 1.807) is 7.05 Å². The molecule has 0 saturated heterocycles. The lowest BCUT2D eigenvalue weighted by atomic mass is 10.1. The average molecular weight is 247 g/mol. The molecule has 1 unspecified atom stereocenters. The van der Waals surface area contributed by atoms with Crippen molar-refractivity contribution < 1.29 is 4.79 Å². The van der Waals surface area contributed by atoms with Crippen molar-refractivity contribution in [1.29, 1.82) is 0 Å². The molecule has 0 bridgehead atoms. The van der Waals surface area contributed by atoms with Gasteiger partial charge in [-0.15, -0.1) is 0 Å². The minimum absolute atomic E-state index is 0.134. The topological polar surface area (TPSA) is 70.9 Å². The molecule has 1 aromatic carbocycles. The summed E-state index contributed by atoms with van der Waals surface area (Å²) in [5.41, 5.74) is 7.93. The van der Waals surface area contributed by atoms with Gasteiger partial charge in [-0.1, -0.05) is 32.0 Å². The molecular weight excluding hydrogens is 226 g/mol. The molecule has 4 N–H and O–H groups in total. The maximum Gasteiger partial charge on any atom is 0.237 e. The molecule has 0 fully saturated rings. The third kappa shape index (κ3) is 3.11. The molecule has 1 aromatic heterocycles. The molecule has 98 valence electrons. The first-order valence-electron chi connectivity index (χ1n) is 6.24. The van der Waals surface area contributed by atoms with Crippen LogP contribution in [-0.2, 0) is 11.2 Å². The number of aromatic nitrogens is 1. The Balaban J connectivity index is 0.000000771. The number of amides is 1. The summed E-state index contributed by atoms with van der Waals surface area (Å²) >= 11 is 0. The van der Waals surface area contributed by atoms with Crippen molar-refractivity contribution in [2.24, 2.45) is 5.73 Å². The van der Waals surface area contributed by atoms with Crippen molar-refractivity contribution in [3.05, 3.63) is 36.0 Å². The smallest absolute Gasteiger partial charge is 0.237 e. The van der Waals surface area contributed by atoms with Crippen LogP contribution in [0.5, 0.6) is 0 Å². The van der Waals surface area contributed by atoms with Crippen LogP contribution in [0.4, 0.5) is 0 Å². The van der Waals surface area contributed by atoms with Crippen LogP contribution in [-0.4, -0.2) is 24.0 Å².